The SMILES string of the molecule is CCCC(F)[C]=O. The van der Waals surface area contributed by atoms with Crippen molar-refractivity contribution in [2.24, 2.45) is 0 Å². The van der Waals surface area contributed by atoms with Gasteiger partial charge in [-0.3, -0.25) is 4.79 Å². The molecule has 0 aromatic heterocycles. The van der Waals surface area contributed by atoms with Gasteiger partial charge in [0.05, 0.1) is 0 Å². The third kappa shape index (κ3) is 3.43. The van der Waals surface area contributed by atoms with E-state index in [1.54, 1.807) is 0 Å². The van der Waals surface area contributed by atoms with Crippen LogP contribution in [0.25, 0.3) is 0 Å². The van der Waals surface area contributed by atoms with Crippen LogP contribution in [0.15, 0.2) is 0 Å². The summed E-state index contributed by atoms with van der Waals surface area (Å²) in [6, 6.07) is 0. The molecule has 2 heteroatoms. The fourth-order valence-corrected chi connectivity index (χ4v) is 0.312. The van der Waals surface area contributed by atoms with Crippen molar-refractivity contribution in [1.82, 2.24) is 0 Å². The minimum absolute atomic E-state index is 0.309. The normalized spacial score (nSPS) is 13.4. The van der Waals surface area contributed by atoms with Crippen LogP contribution in [0.3, 0.4) is 0 Å². The molecule has 1 nitrogen and oxygen atoms in total. The highest BCUT2D eigenvalue weighted by molar-refractivity contribution is 5.56. The van der Waals surface area contributed by atoms with Gasteiger partial charge in [-0.1, -0.05) is 13.3 Å². The van der Waals surface area contributed by atoms with Gasteiger partial charge in [0.25, 0.3) is 0 Å². The summed E-state index contributed by atoms with van der Waals surface area (Å²) in [6.45, 7) is 1.82. The van der Waals surface area contributed by atoms with Gasteiger partial charge in [0.1, 0.15) is 0 Å². The molecule has 0 amide bonds. The second-order valence-corrected chi connectivity index (χ2v) is 1.37. The molecule has 0 heterocycles. The van der Waals surface area contributed by atoms with E-state index in [4.69, 9.17) is 0 Å². The Morgan fingerprint density at radius 2 is 2.43 bits per heavy atom. The zero-order chi connectivity index (χ0) is 5.70. The highest BCUT2D eigenvalue weighted by atomic mass is 19.1. The van der Waals surface area contributed by atoms with E-state index in [2.05, 4.69) is 0 Å². The lowest BCUT2D eigenvalue weighted by Gasteiger charge is -1.89. The highest BCUT2D eigenvalue weighted by Gasteiger charge is 2.00. The Morgan fingerprint density at radius 1 is 1.86 bits per heavy atom. The van der Waals surface area contributed by atoms with Gasteiger partial charge in [-0.2, -0.15) is 0 Å². The Bertz CT molecular complexity index is 54.0. The van der Waals surface area contributed by atoms with E-state index in [1.807, 2.05) is 6.92 Å². The standard InChI is InChI=1S/C5H8FO/c1-2-3-5(6)4-7/h5H,2-3H2,1H3. The summed E-state index contributed by atoms with van der Waals surface area (Å²) in [5.74, 6) is 0. The van der Waals surface area contributed by atoms with E-state index in [0.29, 0.717) is 12.8 Å². The predicted octanol–water partition coefficient (Wildman–Crippen LogP) is 1.23. The number of carbonyl (C=O) groups excluding carboxylic acids is 1. The summed E-state index contributed by atoms with van der Waals surface area (Å²) in [6.07, 6.45) is 0.906. The zero-order valence-electron chi connectivity index (χ0n) is 4.28. The molecule has 0 bridgehead atoms. The maximum atomic E-state index is 11.7. The topological polar surface area (TPSA) is 17.1 Å². The molecule has 0 N–H and O–H groups in total. The number of alkyl halides is 1. The molecule has 0 fully saturated rings. The van der Waals surface area contributed by atoms with E-state index in [9.17, 15) is 9.18 Å². The second-order valence-electron chi connectivity index (χ2n) is 1.37. The molecule has 0 aliphatic heterocycles. The van der Waals surface area contributed by atoms with Crippen LogP contribution in [0.5, 0.6) is 0 Å². The lowest BCUT2D eigenvalue weighted by atomic mass is 10.2. The van der Waals surface area contributed by atoms with Gasteiger partial charge in [-0.25, -0.2) is 4.39 Å². The van der Waals surface area contributed by atoms with E-state index in [0.717, 1.165) is 0 Å². The van der Waals surface area contributed by atoms with E-state index in [1.165, 1.54) is 6.29 Å². The summed E-state index contributed by atoms with van der Waals surface area (Å²) in [5, 5.41) is 0. The second kappa shape index (κ2) is 3.78. The van der Waals surface area contributed by atoms with Gasteiger partial charge >= 0.3 is 0 Å². The number of hydrogen-bond donors (Lipinski definition) is 0. The van der Waals surface area contributed by atoms with Crippen LogP contribution in [0, 0.1) is 0 Å². The Balaban J connectivity index is 2.98. The average molecular weight is 103 g/mol. The summed E-state index contributed by atoms with van der Waals surface area (Å²) < 4.78 is 11.7. The van der Waals surface area contributed by atoms with Gasteiger partial charge in [0, 0.05) is 0 Å². The van der Waals surface area contributed by atoms with Crippen molar-refractivity contribution in [1.29, 1.82) is 0 Å². The molecule has 1 radical (unpaired) electrons. The molecule has 1 atom stereocenters. The van der Waals surface area contributed by atoms with Gasteiger partial charge in [-0.05, 0) is 6.42 Å². The van der Waals surface area contributed by atoms with E-state index >= 15 is 0 Å². The average Bonchev–Trinajstić information content (AvgIpc) is 1.68. The van der Waals surface area contributed by atoms with Crippen LogP contribution in [0.2, 0.25) is 0 Å². The number of hydrogen-bond acceptors (Lipinski definition) is 1. The van der Waals surface area contributed by atoms with Crippen LogP contribution in [-0.2, 0) is 4.79 Å². The van der Waals surface area contributed by atoms with Crippen LogP contribution in [0.4, 0.5) is 4.39 Å². The minimum atomic E-state index is -1.36. The molecule has 0 aliphatic carbocycles. The molecule has 0 aliphatic rings. The molecule has 7 heavy (non-hydrogen) atoms. The van der Waals surface area contributed by atoms with E-state index < -0.39 is 6.17 Å². The van der Waals surface area contributed by atoms with Crippen molar-refractivity contribution in [3.05, 3.63) is 0 Å². The Hall–Kier alpha value is -0.400. The van der Waals surface area contributed by atoms with Gasteiger partial charge in [-0.15, -0.1) is 0 Å². The minimum Gasteiger partial charge on any atom is -0.287 e. The van der Waals surface area contributed by atoms with Gasteiger partial charge < -0.3 is 0 Å². The summed E-state index contributed by atoms with van der Waals surface area (Å²) >= 11 is 0. The smallest absolute Gasteiger partial charge is 0.235 e. The fraction of sp³-hybridized carbons (Fsp3) is 0.800. The first kappa shape index (κ1) is 6.60. The molecule has 0 aromatic carbocycles. The molecule has 0 saturated carbocycles. The van der Waals surface area contributed by atoms with Gasteiger partial charge in [0.2, 0.25) is 6.29 Å². The van der Waals surface area contributed by atoms with Crippen molar-refractivity contribution in [3.63, 3.8) is 0 Å². The fourth-order valence-electron chi connectivity index (χ4n) is 0.312. The monoisotopic (exact) mass is 103 g/mol. The molecular weight excluding hydrogens is 95.1 g/mol. The van der Waals surface area contributed by atoms with Crippen molar-refractivity contribution in [2.45, 2.75) is 25.9 Å². The number of halogens is 1. The summed E-state index contributed by atoms with van der Waals surface area (Å²) in [5.41, 5.74) is 0. The van der Waals surface area contributed by atoms with Crippen molar-refractivity contribution >= 4 is 6.29 Å². The summed E-state index contributed by atoms with van der Waals surface area (Å²) in [7, 11) is 0. The third-order valence-electron chi connectivity index (χ3n) is 0.670. The molecule has 41 valence electrons. The molecule has 0 spiro atoms. The van der Waals surface area contributed by atoms with E-state index in [-0.39, 0.29) is 0 Å². The number of rotatable bonds is 3. The summed E-state index contributed by atoms with van der Waals surface area (Å²) in [4.78, 5) is 9.39. The van der Waals surface area contributed by atoms with Crippen molar-refractivity contribution in [3.8, 4) is 0 Å². The van der Waals surface area contributed by atoms with Crippen LogP contribution in [-0.4, -0.2) is 12.5 Å². The maximum Gasteiger partial charge on any atom is 0.235 e. The lowest BCUT2D eigenvalue weighted by molar-refractivity contribution is 0.377. The Kier molecular flexibility index (Phi) is 3.56. The molecule has 0 rings (SSSR count). The van der Waals surface area contributed by atoms with Crippen LogP contribution in [0.1, 0.15) is 19.8 Å². The Morgan fingerprint density at radius 3 is 2.57 bits per heavy atom. The third-order valence-corrected chi connectivity index (χ3v) is 0.670. The molecular formula is C5H8FO. The van der Waals surface area contributed by atoms with Crippen LogP contribution < -0.4 is 0 Å². The first-order chi connectivity index (χ1) is 3.31. The predicted molar refractivity (Wildman–Crippen MR) is 25.5 cm³/mol. The molecule has 0 aromatic rings. The van der Waals surface area contributed by atoms with Crippen molar-refractivity contribution in [2.75, 3.05) is 0 Å². The zero-order valence-corrected chi connectivity index (χ0v) is 4.28. The molecule has 1 unspecified atom stereocenters. The Labute approximate surface area is 42.5 Å². The first-order valence-corrected chi connectivity index (χ1v) is 2.33. The quantitative estimate of drug-likeness (QED) is 0.525. The largest absolute Gasteiger partial charge is 0.287 e. The van der Waals surface area contributed by atoms with Crippen molar-refractivity contribution < 1.29 is 9.18 Å². The lowest BCUT2D eigenvalue weighted by Crippen LogP contribution is -1.98. The highest BCUT2D eigenvalue weighted by Crippen LogP contribution is 1.95. The van der Waals surface area contributed by atoms with Gasteiger partial charge in [0.15, 0.2) is 6.17 Å². The van der Waals surface area contributed by atoms with Crippen LogP contribution >= 0.6 is 0 Å². The first-order valence-electron chi connectivity index (χ1n) is 2.33. The molecule has 0 saturated heterocycles. The maximum absolute atomic E-state index is 11.7.